The average Bonchev–Trinajstić information content (AvgIpc) is 2.92. The van der Waals surface area contributed by atoms with Crippen molar-refractivity contribution >= 4 is 33.2 Å². The fourth-order valence-corrected chi connectivity index (χ4v) is 4.01. The Labute approximate surface area is 208 Å². The lowest BCUT2D eigenvalue weighted by molar-refractivity contribution is 0.355. The highest BCUT2D eigenvalue weighted by Gasteiger charge is 2.12. The van der Waals surface area contributed by atoms with Gasteiger partial charge in [-0.3, -0.25) is 9.97 Å². The van der Waals surface area contributed by atoms with Gasteiger partial charge in [0.25, 0.3) is 0 Å². The third kappa shape index (κ3) is 4.36. The number of pyridine rings is 2. The normalized spacial score (nSPS) is 10.8. The number of nitrogens with one attached hydrogen (secondary N) is 1. The summed E-state index contributed by atoms with van der Waals surface area (Å²) in [5, 5.41) is 5.20. The molecule has 0 spiro atoms. The molecule has 0 saturated carbocycles. The Morgan fingerprint density at radius 3 is 1.69 bits per heavy atom. The van der Waals surface area contributed by atoms with Crippen LogP contribution in [0, 0.1) is 0 Å². The summed E-state index contributed by atoms with van der Waals surface area (Å²) in [7, 11) is 6.43. The molecule has 0 aliphatic rings. The van der Waals surface area contributed by atoms with Crippen molar-refractivity contribution in [1.29, 1.82) is 0 Å². The maximum Gasteiger partial charge on any atom is 0.162 e. The van der Waals surface area contributed by atoms with Crippen LogP contribution in [0.4, 0.5) is 11.4 Å². The standard InChI is InChI=1S/C28H25N3O5/c1-32-25-13-19-21(9-11-29-22(19)15-27(25)34-3)31-17-5-7-18(8-6-17)36-24-10-12-30-23-16-28(35-4)26(33-2)14-20(23)24/h5-16H,1-4H3,(H,29,31). The van der Waals surface area contributed by atoms with Gasteiger partial charge in [0, 0.05) is 46.7 Å². The smallest absolute Gasteiger partial charge is 0.162 e. The summed E-state index contributed by atoms with van der Waals surface area (Å²) in [5.41, 5.74) is 3.35. The first-order chi connectivity index (χ1) is 17.6. The highest BCUT2D eigenvalue weighted by atomic mass is 16.5. The number of methoxy groups -OCH3 is 4. The quantitative estimate of drug-likeness (QED) is 0.273. The van der Waals surface area contributed by atoms with Gasteiger partial charge in [-0.1, -0.05) is 0 Å². The van der Waals surface area contributed by atoms with Gasteiger partial charge in [-0.2, -0.15) is 0 Å². The van der Waals surface area contributed by atoms with E-state index in [1.165, 1.54) is 0 Å². The zero-order valence-corrected chi connectivity index (χ0v) is 20.4. The van der Waals surface area contributed by atoms with Crippen molar-refractivity contribution in [2.24, 2.45) is 0 Å². The van der Waals surface area contributed by atoms with E-state index in [1.54, 1.807) is 40.8 Å². The molecule has 0 aliphatic heterocycles. The van der Waals surface area contributed by atoms with Crippen LogP contribution in [0.2, 0.25) is 0 Å². The Kier molecular flexibility index (Phi) is 6.32. The van der Waals surface area contributed by atoms with Crippen LogP contribution in [-0.4, -0.2) is 38.4 Å². The molecule has 2 aromatic heterocycles. The predicted molar refractivity (Wildman–Crippen MR) is 139 cm³/mol. The van der Waals surface area contributed by atoms with Gasteiger partial charge in [-0.05, 0) is 48.5 Å². The first-order valence-corrected chi connectivity index (χ1v) is 11.2. The van der Waals surface area contributed by atoms with E-state index in [4.69, 9.17) is 23.7 Å². The second kappa shape index (κ2) is 9.87. The zero-order valence-electron chi connectivity index (χ0n) is 20.4. The van der Waals surface area contributed by atoms with Gasteiger partial charge in [0.15, 0.2) is 23.0 Å². The van der Waals surface area contributed by atoms with Crippen LogP contribution >= 0.6 is 0 Å². The molecule has 5 rings (SSSR count). The number of hydrogen-bond donors (Lipinski definition) is 1. The molecule has 0 saturated heterocycles. The Morgan fingerprint density at radius 2 is 1.08 bits per heavy atom. The van der Waals surface area contributed by atoms with Gasteiger partial charge < -0.3 is 29.0 Å². The molecule has 1 N–H and O–H groups in total. The van der Waals surface area contributed by atoms with Crippen molar-refractivity contribution in [2.45, 2.75) is 0 Å². The monoisotopic (exact) mass is 483 g/mol. The number of ether oxygens (including phenoxy) is 5. The summed E-state index contributed by atoms with van der Waals surface area (Å²) in [6.45, 7) is 0. The molecule has 0 amide bonds. The van der Waals surface area contributed by atoms with Crippen LogP contribution in [0.25, 0.3) is 21.8 Å². The first-order valence-electron chi connectivity index (χ1n) is 11.2. The number of benzene rings is 3. The Balaban J connectivity index is 1.41. The maximum absolute atomic E-state index is 6.19. The molecule has 36 heavy (non-hydrogen) atoms. The van der Waals surface area contributed by atoms with E-state index < -0.39 is 0 Å². The Morgan fingerprint density at radius 1 is 0.556 bits per heavy atom. The molecule has 0 radical (unpaired) electrons. The molecule has 2 heterocycles. The minimum absolute atomic E-state index is 0.612. The van der Waals surface area contributed by atoms with Crippen LogP contribution < -0.4 is 29.0 Å². The molecule has 0 aliphatic carbocycles. The van der Waals surface area contributed by atoms with Crippen LogP contribution in [0.3, 0.4) is 0 Å². The molecule has 182 valence electrons. The van der Waals surface area contributed by atoms with E-state index in [0.29, 0.717) is 34.5 Å². The first kappa shape index (κ1) is 23.0. The summed E-state index contributed by atoms with van der Waals surface area (Å²) < 4.78 is 27.9. The second-order valence-electron chi connectivity index (χ2n) is 7.87. The molecule has 0 fully saturated rings. The second-order valence-corrected chi connectivity index (χ2v) is 7.87. The molecule has 5 aromatic rings. The Bertz CT molecular complexity index is 1420. The SMILES string of the molecule is COc1cc2nccc(Nc3ccc(Oc4ccnc5cc(OC)c(OC)cc45)cc3)c2cc1OC. The molecule has 8 heteroatoms. The number of hydrogen-bond acceptors (Lipinski definition) is 8. The van der Waals surface area contributed by atoms with Crippen molar-refractivity contribution in [3.05, 3.63) is 73.1 Å². The maximum atomic E-state index is 6.19. The van der Waals surface area contributed by atoms with Crippen molar-refractivity contribution < 1.29 is 23.7 Å². The fourth-order valence-electron chi connectivity index (χ4n) is 4.01. The minimum atomic E-state index is 0.612. The molecular weight excluding hydrogens is 458 g/mol. The third-order valence-corrected chi connectivity index (χ3v) is 5.81. The van der Waals surface area contributed by atoms with Gasteiger partial charge in [-0.15, -0.1) is 0 Å². The van der Waals surface area contributed by atoms with E-state index in [0.717, 1.165) is 33.2 Å². The summed E-state index contributed by atoms with van der Waals surface area (Å²) in [6.07, 6.45) is 3.46. The van der Waals surface area contributed by atoms with E-state index in [-0.39, 0.29) is 0 Å². The summed E-state index contributed by atoms with van der Waals surface area (Å²) in [5.74, 6) is 3.86. The average molecular weight is 484 g/mol. The molecule has 8 nitrogen and oxygen atoms in total. The lowest BCUT2D eigenvalue weighted by atomic mass is 10.1. The minimum Gasteiger partial charge on any atom is -0.493 e. The van der Waals surface area contributed by atoms with Crippen molar-refractivity contribution in [3.8, 4) is 34.5 Å². The number of anilines is 2. The third-order valence-electron chi connectivity index (χ3n) is 5.81. The van der Waals surface area contributed by atoms with E-state index in [9.17, 15) is 0 Å². The van der Waals surface area contributed by atoms with Gasteiger partial charge >= 0.3 is 0 Å². The van der Waals surface area contributed by atoms with E-state index >= 15 is 0 Å². The van der Waals surface area contributed by atoms with Gasteiger partial charge in [-0.25, -0.2) is 0 Å². The number of nitrogens with zero attached hydrogens (tertiary/aromatic N) is 2. The van der Waals surface area contributed by atoms with Gasteiger partial charge in [0.05, 0.1) is 39.5 Å². The largest absolute Gasteiger partial charge is 0.493 e. The summed E-state index contributed by atoms with van der Waals surface area (Å²) in [4.78, 5) is 8.89. The number of fused-ring (bicyclic) bond motifs is 2. The fraction of sp³-hybridized carbons (Fsp3) is 0.143. The zero-order chi connectivity index (χ0) is 25.1. The van der Waals surface area contributed by atoms with Gasteiger partial charge in [0.1, 0.15) is 11.5 Å². The summed E-state index contributed by atoms with van der Waals surface area (Å²) >= 11 is 0. The Hall–Kier alpha value is -4.72. The predicted octanol–water partition coefficient (Wildman–Crippen LogP) is 6.35. The lowest BCUT2D eigenvalue weighted by Gasteiger charge is -2.14. The van der Waals surface area contributed by atoms with Crippen LogP contribution in [0.5, 0.6) is 34.5 Å². The van der Waals surface area contributed by atoms with Crippen molar-refractivity contribution in [2.75, 3.05) is 33.8 Å². The summed E-state index contributed by atoms with van der Waals surface area (Å²) in [6, 6.07) is 18.9. The lowest BCUT2D eigenvalue weighted by Crippen LogP contribution is -1.96. The molecule has 0 bridgehead atoms. The highest BCUT2D eigenvalue weighted by Crippen LogP contribution is 2.38. The number of aromatic nitrogens is 2. The van der Waals surface area contributed by atoms with Crippen LogP contribution in [0.1, 0.15) is 0 Å². The van der Waals surface area contributed by atoms with Crippen LogP contribution in [-0.2, 0) is 0 Å². The van der Waals surface area contributed by atoms with Gasteiger partial charge in [0.2, 0.25) is 0 Å². The highest BCUT2D eigenvalue weighted by molar-refractivity contribution is 5.95. The molecule has 3 aromatic carbocycles. The molecule has 0 atom stereocenters. The topological polar surface area (TPSA) is 84.0 Å². The van der Waals surface area contributed by atoms with E-state index in [1.807, 2.05) is 60.7 Å². The molecule has 0 unspecified atom stereocenters. The van der Waals surface area contributed by atoms with Crippen molar-refractivity contribution in [1.82, 2.24) is 9.97 Å². The number of rotatable bonds is 8. The van der Waals surface area contributed by atoms with E-state index in [2.05, 4.69) is 15.3 Å². The van der Waals surface area contributed by atoms with Crippen molar-refractivity contribution in [3.63, 3.8) is 0 Å². The van der Waals surface area contributed by atoms with Crippen LogP contribution in [0.15, 0.2) is 73.1 Å². The molecular formula is C28H25N3O5.